The van der Waals surface area contributed by atoms with Crippen LogP contribution in [0.1, 0.15) is 54.2 Å². The van der Waals surface area contributed by atoms with Crippen molar-refractivity contribution in [3.63, 3.8) is 0 Å². The SMILES string of the molecule is CC.CC.CC.Cc1ncccc1OCC(C)NS(=O)O. The average Bonchev–Trinajstić information content (AvgIpc) is 2.52. The Morgan fingerprint density at radius 1 is 1.29 bits per heavy atom. The molecule has 0 aromatic carbocycles. The largest absolute Gasteiger partial charge is 0.490 e. The predicted octanol–water partition coefficient (Wildman–Crippen LogP) is 3.96. The molecule has 1 rings (SSSR count). The summed E-state index contributed by atoms with van der Waals surface area (Å²) in [5.74, 6) is 0.690. The van der Waals surface area contributed by atoms with E-state index < -0.39 is 11.3 Å². The third-order valence-electron chi connectivity index (χ3n) is 1.75. The van der Waals surface area contributed by atoms with Gasteiger partial charge in [-0.05, 0) is 26.0 Å². The van der Waals surface area contributed by atoms with Crippen molar-refractivity contribution in [3.8, 4) is 5.75 Å². The van der Waals surface area contributed by atoms with Gasteiger partial charge in [0.2, 0.25) is 11.3 Å². The topological polar surface area (TPSA) is 71.5 Å². The van der Waals surface area contributed by atoms with Gasteiger partial charge in [-0.3, -0.25) is 9.54 Å². The van der Waals surface area contributed by atoms with Gasteiger partial charge in [0.1, 0.15) is 12.4 Å². The molecule has 2 N–H and O–H groups in total. The zero-order valence-electron chi connectivity index (χ0n) is 14.6. The maximum absolute atomic E-state index is 10.4. The lowest BCUT2D eigenvalue weighted by molar-refractivity contribution is 0.284. The standard InChI is InChI=1S/C9H14N2O3S.3C2H6/c1-7(11-15(12)13)6-14-9-4-3-5-10-8(9)2;3*1-2/h3-5,7,11H,6H2,1-2H3,(H,12,13);3*1-2H3. The molecule has 0 saturated heterocycles. The molecule has 2 atom stereocenters. The summed E-state index contributed by atoms with van der Waals surface area (Å²) in [6, 6.07) is 3.39. The Kier molecular flexibility index (Phi) is 22.6. The van der Waals surface area contributed by atoms with Crippen LogP contribution in [0.25, 0.3) is 0 Å². The molecule has 0 aliphatic heterocycles. The van der Waals surface area contributed by atoms with Crippen LogP contribution in [0, 0.1) is 6.92 Å². The van der Waals surface area contributed by atoms with Gasteiger partial charge >= 0.3 is 0 Å². The van der Waals surface area contributed by atoms with Gasteiger partial charge in [-0.25, -0.2) is 8.93 Å². The maximum atomic E-state index is 10.4. The molecule has 2 unspecified atom stereocenters. The Balaban J connectivity index is -0.000000478. The Labute approximate surface area is 132 Å². The second-order valence-corrected chi connectivity index (χ2v) is 3.90. The van der Waals surface area contributed by atoms with E-state index in [4.69, 9.17) is 9.29 Å². The highest BCUT2D eigenvalue weighted by Crippen LogP contribution is 2.13. The first-order chi connectivity index (χ1) is 10.1. The summed E-state index contributed by atoms with van der Waals surface area (Å²) in [4.78, 5) is 4.06. The highest BCUT2D eigenvalue weighted by atomic mass is 32.2. The van der Waals surface area contributed by atoms with Crippen molar-refractivity contribution in [2.45, 2.75) is 61.4 Å². The summed E-state index contributed by atoms with van der Waals surface area (Å²) in [5.41, 5.74) is 0.801. The fourth-order valence-corrected chi connectivity index (χ4v) is 1.46. The Hall–Kier alpha value is -0.980. The normalized spacial score (nSPS) is 11.3. The van der Waals surface area contributed by atoms with Crippen LogP contribution in [0.3, 0.4) is 0 Å². The minimum atomic E-state index is -2.00. The lowest BCUT2D eigenvalue weighted by Crippen LogP contribution is -2.32. The zero-order chi connectivity index (χ0) is 17.3. The van der Waals surface area contributed by atoms with Crippen LogP contribution in [0.4, 0.5) is 0 Å². The third-order valence-corrected chi connectivity index (χ3v) is 2.35. The smallest absolute Gasteiger partial charge is 0.232 e. The van der Waals surface area contributed by atoms with E-state index in [0.717, 1.165) is 5.69 Å². The molecule has 0 fully saturated rings. The molecule has 1 aromatic heterocycles. The molecule has 126 valence electrons. The number of hydrogen-bond donors (Lipinski definition) is 2. The van der Waals surface area contributed by atoms with Gasteiger partial charge in [0.05, 0.1) is 11.7 Å². The number of nitrogens with zero attached hydrogens (tertiary/aromatic N) is 1. The first-order valence-corrected chi connectivity index (χ1v) is 8.61. The fourth-order valence-electron chi connectivity index (χ4n) is 1.04. The van der Waals surface area contributed by atoms with Gasteiger partial charge in [0, 0.05) is 6.20 Å². The van der Waals surface area contributed by atoms with E-state index in [1.807, 2.05) is 54.5 Å². The number of hydrogen-bond acceptors (Lipinski definition) is 3. The van der Waals surface area contributed by atoms with Crippen molar-refractivity contribution in [1.82, 2.24) is 9.71 Å². The van der Waals surface area contributed by atoms with E-state index in [0.29, 0.717) is 12.4 Å². The van der Waals surface area contributed by atoms with Crippen LogP contribution in [0.15, 0.2) is 18.3 Å². The molecule has 21 heavy (non-hydrogen) atoms. The van der Waals surface area contributed by atoms with Crippen molar-refractivity contribution in [2.24, 2.45) is 0 Å². The molecule has 0 aliphatic carbocycles. The number of pyridine rings is 1. The summed E-state index contributed by atoms with van der Waals surface area (Å²) in [6.07, 6.45) is 1.69. The van der Waals surface area contributed by atoms with Crippen LogP contribution in [0.2, 0.25) is 0 Å². The van der Waals surface area contributed by atoms with Crippen molar-refractivity contribution in [2.75, 3.05) is 6.61 Å². The van der Waals surface area contributed by atoms with Gasteiger partial charge in [-0.1, -0.05) is 41.5 Å². The van der Waals surface area contributed by atoms with Crippen LogP contribution >= 0.6 is 0 Å². The van der Waals surface area contributed by atoms with Crippen LogP contribution < -0.4 is 9.46 Å². The van der Waals surface area contributed by atoms with Gasteiger partial charge in [-0.15, -0.1) is 0 Å². The Bertz CT molecular complexity index is 349. The average molecular weight is 320 g/mol. The second kappa shape index (κ2) is 19.0. The molecule has 1 aromatic rings. The number of ether oxygens (including phenoxy) is 1. The highest BCUT2D eigenvalue weighted by molar-refractivity contribution is 7.77. The number of aryl methyl sites for hydroxylation is 1. The molecular formula is C15H32N2O3S. The van der Waals surface area contributed by atoms with Crippen molar-refractivity contribution in [3.05, 3.63) is 24.0 Å². The Morgan fingerprint density at radius 3 is 2.24 bits per heavy atom. The van der Waals surface area contributed by atoms with E-state index in [-0.39, 0.29) is 6.04 Å². The molecule has 0 bridgehead atoms. The molecule has 0 spiro atoms. The first-order valence-electron chi connectivity index (χ1n) is 7.51. The van der Waals surface area contributed by atoms with E-state index in [9.17, 15) is 4.21 Å². The summed E-state index contributed by atoms with van der Waals surface area (Å²) in [6.45, 7) is 15.9. The third kappa shape index (κ3) is 15.2. The number of nitrogens with one attached hydrogen (secondary N) is 1. The number of aromatic nitrogens is 1. The molecule has 0 radical (unpaired) electrons. The van der Waals surface area contributed by atoms with Crippen LogP contribution in [-0.2, 0) is 11.3 Å². The summed E-state index contributed by atoms with van der Waals surface area (Å²) in [5, 5.41) is 0. The summed E-state index contributed by atoms with van der Waals surface area (Å²) in [7, 11) is 0. The lowest BCUT2D eigenvalue weighted by atomic mass is 10.3. The first kappa shape index (κ1) is 25.0. The van der Waals surface area contributed by atoms with Gasteiger partial charge < -0.3 is 4.74 Å². The van der Waals surface area contributed by atoms with Crippen LogP contribution in [-0.4, -0.2) is 26.4 Å². The van der Waals surface area contributed by atoms with Crippen molar-refractivity contribution in [1.29, 1.82) is 0 Å². The second-order valence-electron chi connectivity index (χ2n) is 3.17. The van der Waals surface area contributed by atoms with E-state index >= 15 is 0 Å². The van der Waals surface area contributed by atoms with Crippen LogP contribution in [0.5, 0.6) is 5.75 Å². The van der Waals surface area contributed by atoms with E-state index in [1.165, 1.54) is 0 Å². The van der Waals surface area contributed by atoms with Crippen molar-refractivity contribution < 1.29 is 13.5 Å². The molecule has 6 heteroatoms. The van der Waals surface area contributed by atoms with E-state index in [2.05, 4.69) is 9.71 Å². The quantitative estimate of drug-likeness (QED) is 0.805. The monoisotopic (exact) mass is 320 g/mol. The van der Waals surface area contributed by atoms with Gasteiger partial charge in [-0.2, -0.15) is 0 Å². The molecular weight excluding hydrogens is 288 g/mol. The fraction of sp³-hybridized carbons (Fsp3) is 0.667. The summed E-state index contributed by atoms with van der Waals surface area (Å²) >= 11 is -2.00. The maximum Gasteiger partial charge on any atom is 0.232 e. The Morgan fingerprint density at radius 2 is 1.81 bits per heavy atom. The number of rotatable bonds is 5. The lowest BCUT2D eigenvalue weighted by Gasteiger charge is -2.13. The van der Waals surface area contributed by atoms with Gasteiger partial charge in [0.25, 0.3) is 0 Å². The van der Waals surface area contributed by atoms with Crippen molar-refractivity contribution >= 4 is 11.3 Å². The zero-order valence-corrected chi connectivity index (χ0v) is 15.5. The molecule has 1 heterocycles. The van der Waals surface area contributed by atoms with Gasteiger partial charge in [0.15, 0.2) is 0 Å². The molecule has 5 nitrogen and oxygen atoms in total. The predicted molar refractivity (Wildman–Crippen MR) is 91.9 cm³/mol. The highest BCUT2D eigenvalue weighted by Gasteiger charge is 2.06. The molecule has 0 saturated carbocycles. The van der Waals surface area contributed by atoms with E-state index in [1.54, 1.807) is 19.2 Å². The minimum Gasteiger partial charge on any atom is -0.490 e. The molecule has 0 aliphatic rings. The summed E-state index contributed by atoms with van der Waals surface area (Å²) < 4.78 is 26.8. The minimum absolute atomic E-state index is 0.199. The molecule has 0 amide bonds.